The summed E-state index contributed by atoms with van der Waals surface area (Å²) in [5, 5.41) is 45.6. The van der Waals surface area contributed by atoms with Crippen LogP contribution in [0.25, 0.3) is 0 Å². The van der Waals surface area contributed by atoms with E-state index < -0.39 is 42.6 Å². The summed E-state index contributed by atoms with van der Waals surface area (Å²) in [6.07, 6.45) is -8.29. The minimum atomic E-state index is -1.77. The summed E-state index contributed by atoms with van der Waals surface area (Å²) in [5.74, 6) is -2.52. The van der Waals surface area contributed by atoms with Crippen LogP contribution in [-0.4, -0.2) is 74.8 Å². The van der Waals surface area contributed by atoms with Gasteiger partial charge in [0.15, 0.2) is 12.4 Å². The predicted molar refractivity (Wildman–Crippen MR) is 57.1 cm³/mol. The summed E-state index contributed by atoms with van der Waals surface area (Å²) in [7, 11) is 0. The highest BCUT2D eigenvalue weighted by molar-refractivity contribution is 5.73. The molecule has 0 aliphatic carbocycles. The molecule has 0 radical (unpaired) electrons. The van der Waals surface area contributed by atoms with Gasteiger partial charge in [0.1, 0.15) is 18.3 Å². The molecule has 1 rings (SSSR count). The molecule has 1 fully saturated rings. The first-order valence-corrected chi connectivity index (χ1v) is 5.60. The van der Waals surface area contributed by atoms with Crippen LogP contribution in [0.5, 0.6) is 0 Å². The average Bonchev–Trinajstić information content (AvgIpc) is 2.33. The molecule has 110 valence electrons. The Morgan fingerprint density at radius 2 is 1.68 bits per heavy atom. The number of carbonyl (C=O) groups is 2. The summed E-state index contributed by atoms with van der Waals surface area (Å²) in [4.78, 5) is 21.0. The van der Waals surface area contributed by atoms with Gasteiger partial charge in [-0.3, -0.25) is 4.79 Å². The zero-order chi connectivity index (χ0) is 14.6. The van der Waals surface area contributed by atoms with Gasteiger partial charge in [-0.15, -0.1) is 0 Å². The Labute approximate surface area is 108 Å². The minimum absolute atomic E-state index is 0.0941. The first-order valence-electron chi connectivity index (χ1n) is 5.60. The first kappa shape index (κ1) is 15.8. The number of carboxylic acid groups (broad SMARTS) is 2. The maximum atomic E-state index is 10.8. The third-order valence-corrected chi connectivity index (χ3v) is 2.63. The highest BCUT2D eigenvalue weighted by atomic mass is 16.7. The molecule has 0 spiro atoms. The molecular formula is C10H16O9. The SMILES string of the molecule is O=C(O)CCCOC1OC(C(=O)O)C(O)C(O)C1O. The van der Waals surface area contributed by atoms with Gasteiger partial charge in [-0.05, 0) is 6.42 Å². The lowest BCUT2D eigenvalue weighted by Gasteiger charge is -2.38. The number of hydrogen-bond donors (Lipinski definition) is 5. The number of rotatable bonds is 6. The molecule has 5 atom stereocenters. The molecule has 9 heteroatoms. The minimum Gasteiger partial charge on any atom is -0.481 e. The van der Waals surface area contributed by atoms with Crippen molar-refractivity contribution in [2.45, 2.75) is 43.5 Å². The van der Waals surface area contributed by atoms with Crippen molar-refractivity contribution in [3.63, 3.8) is 0 Å². The van der Waals surface area contributed by atoms with Crippen LogP contribution in [0.2, 0.25) is 0 Å². The lowest BCUT2D eigenvalue weighted by atomic mass is 9.99. The number of ether oxygens (including phenoxy) is 2. The predicted octanol–water partition coefficient (Wildman–Crippen LogP) is -2.24. The second kappa shape index (κ2) is 6.78. The fourth-order valence-corrected chi connectivity index (χ4v) is 1.61. The Kier molecular flexibility index (Phi) is 5.63. The van der Waals surface area contributed by atoms with Gasteiger partial charge in [0.05, 0.1) is 6.61 Å². The van der Waals surface area contributed by atoms with Crippen molar-refractivity contribution in [1.82, 2.24) is 0 Å². The van der Waals surface area contributed by atoms with E-state index >= 15 is 0 Å². The second-order valence-electron chi connectivity index (χ2n) is 4.10. The molecule has 1 heterocycles. The van der Waals surface area contributed by atoms with E-state index in [2.05, 4.69) is 0 Å². The highest BCUT2D eigenvalue weighted by Crippen LogP contribution is 2.22. The van der Waals surface area contributed by atoms with Crippen LogP contribution in [0.15, 0.2) is 0 Å². The normalized spacial score (nSPS) is 35.0. The fraction of sp³-hybridized carbons (Fsp3) is 0.800. The summed E-state index contributed by atoms with van der Waals surface area (Å²) in [5.41, 5.74) is 0. The van der Waals surface area contributed by atoms with Gasteiger partial charge >= 0.3 is 11.9 Å². The lowest BCUT2D eigenvalue weighted by Crippen LogP contribution is -2.60. The van der Waals surface area contributed by atoms with Crippen LogP contribution in [0.4, 0.5) is 0 Å². The smallest absolute Gasteiger partial charge is 0.335 e. The molecule has 0 aromatic rings. The molecule has 19 heavy (non-hydrogen) atoms. The third kappa shape index (κ3) is 4.11. The molecule has 0 aromatic heterocycles. The van der Waals surface area contributed by atoms with Gasteiger partial charge in [0.25, 0.3) is 0 Å². The van der Waals surface area contributed by atoms with E-state index in [0.717, 1.165) is 0 Å². The fourth-order valence-electron chi connectivity index (χ4n) is 1.61. The standard InChI is InChI=1S/C10H16O9/c11-4(12)2-1-3-18-10-7(15)5(13)6(14)8(19-10)9(16)17/h5-8,10,13-15H,1-3H2,(H,11,12)(H,16,17). The lowest BCUT2D eigenvalue weighted by molar-refractivity contribution is -0.294. The van der Waals surface area contributed by atoms with E-state index in [9.17, 15) is 24.9 Å². The van der Waals surface area contributed by atoms with E-state index in [1.54, 1.807) is 0 Å². The Morgan fingerprint density at radius 1 is 1.05 bits per heavy atom. The largest absolute Gasteiger partial charge is 0.481 e. The van der Waals surface area contributed by atoms with Crippen molar-refractivity contribution >= 4 is 11.9 Å². The zero-order valence-electron chi connectivity index (χ0n) is 9.88. The van der Waals surface area contributed by atoms with Crippen molar-refractivity contribution in [3.05, 3.63) is 0 Å². The molecule has 9 nitrogen and oxygen atoms in total. The number of aliphatic hydroxyl groups is 3. The summed E-state index contributed by atoms with van der Waals surface area (Å²) >= 11 is 0. The Bertz CT molecular complexity index is 331. The van der Waals surface area contributed by atoms with Crippen molar-refractivity contribution in [1.29, 1.82) is 0 Å². The number of aliphatic carboxylic acids is 2. The summed E-state index contributed by atoms with van der Waals surface area (Å²) < 4.78 is 9.80. The second-order valence-corrected chi connectivity index (χ2v) is 4.10. The van der Waals surface area contributed by atoms with Crippen LogP contribution in [0.3, 0.4) is 0 Å². The maximum absolute atomic E-state index is 10.8. The van der Waals surface area contributed by atoms with E-state index in [-0.39, 0.29) is 19.4 Å². The van der Waals surface area contributed by atoms with Gasteiger partial charge in [-0.1, -0.05) is 0 Å². The highest BCUT2D eigenvalue weighted by Gasteiger charge is 2.47. The van der Waals surface area contributed by atoms with Crippen LogP contribution >= 0.6 is 0 Å². The van der Waals surface area contributed by atoms with E-state index in [1.807, 2.05) is 0 Å². The van der Waals surface area contributed by atoms with Crippen LogP contribution in [-0.2, 0) is 19.1 Å². The maximum Gasteiger partial charge on any atom is 0.335 e. The molecule has 1 aliphatic rings. The van der Waals surface area contributed by atoms with Gasteiger partial charge in [-0.25, -0.2) is 4.79 Å². The van der Waals surface area contributed by atoms with Gasteiger partial charge in [0, 0.05) is 6.42 Å². The van der Waals surface area contributed by atoms with Crippen LogP contribution in [0.1, 0.15) is 12.8 Å². The molecule has 0 amide bonds. The third-order valence-electron chi connectivity index (χ3n) is 2.63. The summed E-state index contributed by atoms with van der Waals surface area (Å²) in [6.45, 7) is -0.0941. The van der Waals surface area contributed by atoms with Crippen molar-refractivity contribution in [2.75, 3.05) is 6.61 Å². The van der Waals surface area contributed by atoms with E-state index in [0.29, 0.717) is 0 Å². The zero-order valence-corrected chi connectivity index (χ0v) is 9.88. The van der Waals surface area contributed by atoms with Crippen molar-refractivity contribution in [3.8, 4) is 0 Å². The number of hydrogen-bond acceptors (Lipinski definition) is 7. The van der Waals surface area contributed by atoms with Gasteiger partial charge in [-0.2, -0.15) is 0 Å². The van der Waals surface area contributed by atoms with E-state index in [1.165, 1.54) is 0 Å². The van der Waals surface area contributed by atoms with Gasteiger partial charge in [0.2, 0.25) is 0 Å². The number of aliphatic hydroxyl groups excluding tert-OH is 3. The molecule has 0 bridgehead atoms. The average molecular weight is 280 g/mol. The Balaban J connectivity index is 2.52. The molecule has 1 saturated heterocycles. The summed E-state index contributed by atoms with van der Waals surface area (Å²) in [6, 6.07) is 0. The van der Waals surface area contributed by atoms with Crippen LogP contribution < -0.4 is 0 Å². The van der Waals surface area contributed by atoms with Crippen molar-refractivity contribution < 1.29 is 44.6 Å². The number of carboxylic acids is 2. The van der Waals surface area contributed by atoms with E-state index in [4.69, 9.17) is 19.7 Å². The van der Waals surface area contributed by atoms with Crippen molar-refractivity contribution in [2.24, 2.45) is 0 Å². The first-order chi connectivity index (χ1) is 8.84. The molecule has 1 aliphatic heterocycles. The molecular weight excluding hydrogens is 264 g/mol. The quantitative estimate of drug-likeness (QED) is 0.340. The van der Waals surface area contributed by atoms with Crippen LogP contribution in [0, 0.1) is 0 Å². The molecule has 0 aromatic carbocycles. The molecule has 0 saturated carbocycles. The topological polar surface area (TPSA) is 154 Å². The Morgan fingerprint density at radius 3 is 2.21 bits per heavy atom. The monoisotopic (exact) mass is 280 g/mol. The Hall–Kier alpha value is -1.26. The molecule has 5 unspecified atom stereocenters. The molecule has 5 N–H and O–H groups in total. The van der Waals surface area contributed by atoms with Gasteiger partial charge < -0.3 is 35.0 Å².